The van der Waals surface area contributed by atoms with Crippen LogP contribution in [-0.2, 0) is 9.59 Å². The van der Waals surface area contributed by atoms with E-state index in [0.717, 1.165) is 55.8 Å². The molecular formula is C26H29N5O2. The van der Waals surface area contributed by atoms with E-state index < -0.39 is 0 Å². The van der Waals surface area contributed by atoms with Gasteiger partial charge in [0.25, 0.3) is 0 Å². The quantitative estimate of drug-likeness (QED) is 0.578. The molecule has 3 aromatic rings. The first kappa shape index (κ1) is 21.4. The molecule has 2 aliphatic rings. The number of anilines is 2. The van der Waals surface area contributed by atoms with Crippen molar-refractivity contribution in [3.05, 3.63) is 72.4 Å². The lowest BCUT2D eigenvalue weighted by Gasteiger charge is -2.30. The van der Waals surface area contributed by atoms with Crippen LogP contribution in [0.15, 0.2) is 66.7 Å². The minimum atomic E-state index is -0.0541. The molecule has 0 radical (unpaired) electrons. The van der Waals surface area contributed by atoms with Crippen LogP contribution in [0.25, 0.3) is 5.69 Å². The summed E-state index contributed by atoms with van der Waals surface area (Å²) in [5, 5.41) is 10.8. The van der Waals surface area contributed by atoms with E-state index >= 15 is 0 Å². The third kappa shape index (κ3) is 5.31. The van der Waals surface area contributed by atoms with E-state index in [1.54, 1.807) is 0 Å². The third-order valence-electron chi connectivity index (χ3n) is 6.36. The van der Waals surface area contributed by atoms with Crippen LogP contribution in [0.3, 0.4) is 0 Å². The molecule has 1 aliphatic heterocycles. The van der Waals surface area contributed by atoms with Crippen molar-refractivity contribution in [3.8, 4) is 5.69 Å². The number of amides is 2. The molecule has 1 aliphatic carbocycles. The molecule has 33 heavy (non-hydrogen) atoms. The van der Waals surface area contributed by atoms with Gasteiger partial charge in [-0.3, -0.25) is 14.5 Å². The number of rotatable bonds is 7. The first-order chi connectivity index (χ1) is 16.2. The number of nitrogens with one attached hydrogen (secondary N) is 2. The van der Waals surface area contributed by atoms with Gasteiger partial charge in [-0.1, -0.05) is 36.4 Å². The van der Waals surface area contributed by atoms with Gasteiger partial charge in [0, 0.05) is 23.6 Å². The molecule has 2 heterocycles. The van der Waals surface area contributed by atoms with Gasteiger partial charge in [-0.2, -0.15) is 5.10 Å². The largest absolute Gasteiger partial charge is 0.326 e. The number of nitrogens with zero attached hydrogens (tertiary/aromatic N) is 3. The van der Waals surface area contributed by atoms with Gasteiger partial charge in [0.15, 0.2) is 0 Å². The molecule has 7 heteroatoms. The second-order valence-corrected chi connectivity index (χ2v) is 8.93. The molecule has 1 saturated carbocycles. The maximum atomic E-state index is 12.8. The normalized spacial score (nSPS) is 17.0. The average Bonchev–Trinajstić information content (AvgIpc) is 3.61. The summed E-state index contributed by atoms with van der Waals surface area (Å²) in [5.41, 5.74) is 2.80. The Morgan fingerprint density at radius 2 is 1.55 bits per heavy atom. The molecule has 170 valence electrons. The van der Waals surface area contributed by atoms with Gasteiger partial charge in [0.2, 0.25) is 11.8 Å². The van der Waals surface area contributed by atoms with Crippen molar-refractivity contribution in [1.82, 2.24) is 14.7 Å². The van der Waals surface area contributed by atoms with Crippen LogP contribution in [0.1, 0.15) is 37.3 Å². The Morgan fingerprint density at radius 3 is 2.21 bits per heavy atom. The molecule has 0 atom stereocenters. The monoisotopic (exact) mass is 443 g/mol. The number of carbonyl (C=O) groups excluding carboxylic acids is 2. The Kier molecular flexibility index (Phi) is 6.21. The number of likely N-dealkylation sites (tertiary alicyclic amines) is 1. The summed E-state index contributed by atoms with van der Waals surface area (Å²) in [6, 6.07) is 21.4. The van der Waals surface area contributed by atoms with Crippen LogP contribution in [0, 0.1) is 5.92 Å². The van der Waals surface area contributed by atoms with Crippen molar-refractivity contribution in [2.45, 2.75) is 31.6 Å². The average molecular weight is 444 g/mol. The first-order valence-corrected chi connectivity index (χ1v) is 11.7. The lowest BCUT2D eigenvalue weighted by molar-refractivity contribution is -0.121. The Bertz CT molecular complexity index is 1100. The highest BCUT2D eigenvalue weighted by Crippen LogP contribution is 2.40. The number of piperidine rings is 1. The summed E-state index contributed by atoms with van der Waals surface area (Å²) in [4.78, 5) is 27.5. The Hall–Kier alpha value is -3.45. The number of para-hydroxylation sites is 2. The Morgan fingerprint density at radius 1 is 0.879 bits per heavy atom. The summed E-state index contributed by atoms with van der Waals surface area (Å²) >= 11 is 0. The van der Waals surface area contributed by atoms with E-state index in [1.807, 2.05) is 71.4 Å². The van der Waals surface area contributed by atoms with Gasteiger partial charge in [0.1, 0.15) is 5.82 Å². The zero-order valence-corrected chi connectivity index (χ0v) is 18.6. The highest BCUT2D eigenvalue weighted by atomic mass is 16.2. The summed E-state index contributed by atoms with van der Waals surface area (Å²) in [5.74, 6) is 1.20. The fourth-order valence-corrected chi connectivity index (χ4v) is 4.34. The zero-order valence-electron chi connectivity index (χ0n) is 18.6. The molecule has 2 N–H and O–H groups in total. The Balaban J connectivity index is 1.16. The molecule has 2 fully saturated rings. The van der Waals surface area contributed by atoms with Crippen LogP contribution < -0.4 is 10.6 Å². The van der Waals surface area contributed by atoms with Crippen LogP contribution >= 0.6 is 0 Å². The summed E-state index contributed by atoms with van der Waals surface area (Å²) < 4.78 is 1.83. The molecule has 2 aromatic carbocycles. The van der Waals surface area contributed by atoms with Gasteiger partial charge in [-0.15, -0.1) is 0 Å². The third-order valence-corrected chi connectivity index (χ3v) is 6.36. The molecule has 7 nitrogen and oxygen atoms in total. The van der Waals surface area contributed by atoms with Gasteiger partial charge >= 0.3 is 0 Å². The number of benzene rings is 2. The van der Waals surface area contributed by atoms with E-state index in [-0.39, 0.29) is 17.7 Å². The van der Waals surface area contributed by atoms with Crippen molar-refractivity contribution < 1.29 is 9.59 Å². The van der Waals surface area contributed by atoms with E-state index in [2.05, 4.69) is 15.5 Å². The van der Waals surface area contributed by atoms with Crippen molar-refractivity contribution in [1.29, 1.82) is 0 Å². The summed E-state index contributed by atoms with van der Waals surface area (Å²) in [6.45, 7) is 1.77. The Labute approximate surface area is 193 Å². The standard InChI is InChI=1S/C26H29N5O2/c32-25(18-30-15-13-20(14-16-30)26(33)27-21-7-3-1-4-8-21)28-24-17-23(19-11-12-19)29-31(24)22-9-5-2-6-10-22/h1-10,17,19-20H,11-16,18H2,(H,27,33)(H,28,32). The van der Waals surface area contributed by atoms with Gasteiger partial charge < -0.3 is 10.6 Å². The van der Waals surface area contributed by atoms with Gasteiger partial charge in [-0.25, -0.2) is 4.68 Å². The smallest absolute Gasteiger partial charge is 0.239 e. The second-order valence-electron chi connectivity index (χ2n) is 8.93. The molecule has 0 unspecified atom stereocenters. The topological polar surface area (TPSA) is 79.3 Å². The number of hydrogen-bond donors (Lipinski definition) is 2. The van der Waals surface area contributed by atoms with Crippen molar-refractivity contribution in [3.63, 3.8) is 0 Å². The second kappa shape index (κ2) is 9.58. The van der Waals surface area contributed by atoms with E-state index in [0.29, 0.717) is 18.3 Å². The molecule has 0 bridgehead atoms. The highest BCUT2D eigenvalue weighted by molar-refractivity contribution is 5.93. The molecular weight excluding hydrogens is 414 g/mol. The maximum Gasteiger partial charge on any atom is 0.239 e. The maximum absolute atomic E-state index is 12.8. The predicted molar refractivity (Wildman–Crippen MR) is 128 cm³/mol. The molecule has 1 aromatic heterocycles. The molecule has 1 saturated heterocycles. The van der Waals surface area contributed by atoms with Crippen molar-refractivity contribution in [2.75, 3.05) is 30.3 Å². The number of carbonyl (C=O) groups is 2. The lowest BCUT2D eigenvalue weighted by atomic mass is 9.96. The van der Waals surface area contributed by atoms with Crippen molar-refractivity contribution >= 4 is 23.3 Å². The lowest BCUT2D eigenvalue weighted by Crippen LogP contribution is -2.41. The van der Waals surface area contributed by atoms with E-state index in [9.17, 15) is 9.59 Å². The van der Waals surface area contributed by atoms with E-state index in [1.165, 1.54) is 0 Å². The van der Waals surface area contributed by atoms with E-state index in [4.69, 9.17) is 5.10 Å². The summed E-state index contributed by atoms with van der Waals surface area (Å²) in [7, 11) is 0. The number of aromatic nitrogens is 2. The fourth-order valence-electron chi connectivity index (χ4n) is 4.34. The minimum Gasteiger partial charge on any atom is -0.326 e. The predicted octanol–water partition coefficient (Wildman–Crippen LogP) is 4.04. The minimum absolute atomic E-state index is 0.0230. The van der Waals surface area contributed by atoms with Crippen LogP contribution in [-0.4, -0.2) is 46.1 Å². The first-order valence-electron chi connectivity index (χ1n) is 11.7. The van der Waals surface area contributed by atoms with Crippen molar-refractivity contribution in [2.24, 2.45) is 5.92 Å². The molecule has 5 rings (SSSR count). The van der Waals surface area contributed by atoms with Crippen LogP contribution in [0.2, 0.25) is 0 Å². The number of hydrogen-bond acceptors (Lipinski definition) is 4. The van der Waals surface area contributed by atoms with Crippen LogP contribution in [0.4, 0.5) is 11.5 Å². The van der Waals surface area contributed by atoms with Gasteiger partial charge in [-0.05, 0) is 63.0 Å². The molecule has 0 spiro atoms. The van der Waals surface area contributed by atoms with Gasteiger partial charge in [0.05, 0.1) is 17.9 Å². The summed E-state index contributed by atoms with van der Waals surface area (Å²) in [6.07, 6.45) is 3.82. The SMILES string of the molecule is O=C(CN1CCC(C(=O)Nc2ccccc2)CC1)Nc1cc(C2CC2)nn1-c1ccccc1. The zero-order chi connectivity index (χ0) is 22.6. The van der Waals surface area contributed by atoms with Crippen LogP contribution in [0.5, 0.6) is 0 Å². The molecule has 2 amide bonds. The fraction of sp³-hybridized carbons (Fsp3) is 0.346. The highest BCUT2D eigenvalue weighted by Gasteiger charge is 2.29.